The molecule has 1 amide bonds. The van der Waals surface area contributed by atoms with Crippen LogP contribution in [0, 0.1) is 12.7 Å². The first-order valence-electron chi connectivity index (χ1n) is 9.54. The van der Waals surface area contributed by atoms with Gasteiger partial charge in [0.1, 0.15) is 11.6 Å². The lowest BCUT2D eigenvalue weighted by molar-refractivity contribution is -0.139. The van der Waals surface area contributed by atoms with E-state index in [1.54, 1.807) is 18.3 Å². The van der Waals surface area contributed by atoms with Gasteiger partial charge in [-0.3, -0.25) is 9.59 Å². The van der Waals surface area contributed by atoms with Crippen LogP contribution < -0.4 is 0 Å². The molecule has 1 unspecified atom stereocenters. The number of carbonyl (C=O) groups excluding carboxylic acids is 2. The standard InChI is InChI=1S/C23H20FN3O3/c1-14-2-4-16(5-3-14)21(28)19-20(15-6-8-17(24)9-7-15)27(23(30)22(19)29)11-10-18-12-25-13-26-18/h2-9,12-13,20,28H,10-11H2,1H3,(H,25,26)/b21-19-. The van der Waals surface area contributed by atoms with Crippen molar-refractivity contribution in [1.29, 1.82) is 0 Å². The summed E-state index contributed by atoms with van der Waals surface area (Å²) in [6, 6.07) is 11.8. The molecule has 0 bridgehead atoms. The lowest BCUT2D eigenvalue weighted by Gasteiger charge is -2.25. The van der Waals surface area contributed by atoms with E-state index < -0.39 is 23.5 Å². The molecule has 1 aliphatic heterocycles. The number of amides is 1. The Hall–Kier alpha value is -3.74. The van der Waals surface area contributed by atoms with Crippen molar-refractivity contribution in [3.05, 3.63) is 94.8 Å². The number of aromatic amines is 1. The van der Waals surface area contributed by atoms with Crippen LogP contribution in [0.15, 0.2) is 66.6 Å². The van der Waals surface area contributed by atoms with E-state index in [-0.39, 0.29) is 17.9 Å². The number of likely N-dealkylation sites (tertiary alicyclic amines) is 1. The number of aliphatic hydroxyl groups is 1. The third kappa shape index (κ3) is 3.61. The number of aliphatic hydroxyl groups excluding tert-OH is 1. The first kappa shape index (κ1) is 19.6. The summed E-state index contributed by atoms with van der Waals surface area (Å²) in [6.07, 6.45) is 3.64. The zero-order valence-electron chi connectivity index (χ0n) is 16.3. The van der Waals surface area contributed by atoms with Crippen molar-refractivity contribution in [2.75, 3.05) is 6.54 Å². The third-order valence-electron chi connectivity index (χ3n) is 5.23. The largest absolute Gasteiger partial charge is 0.507 e. The summed E-state index contributed by atoms with van der Waals surface area (Å²) in [5.74, 6) is -2.12. The van der Waals surface area contributed by atoms with Gasteiger partial charge in [0.05, 0.1) is 17.9 Å². The van der Waals surface area contributed by atoms with Gasteiger partial charge in [0.2, 0.25) is 0 Å². The van der Waals surface area contributed by atoms with Crippen LogP contribution >= 0.6 is 0 Å². The summed E-state index contributed by atoms with van der Waals surface area (Å²) in [5.41, 5.74) is 2.81. The summed E-state index contributed by atoms with van der Waals surface area (Å²) in [5, 5.41) is 10.9. The summed E-state index contributed by atoms with van der Waals surface area (Å²) >= 11 is 0. The highest BCUT2D eigenvalue weighted by atomic mass is 19.1. The highest BCUT2D eigenvalue weighted by Crippen LogP contribution is 2.39. The van der Waals surface area contributed by atoms with Crippen LogP contribution in [0.25, 0.3) is 5.76 Å². The molecule has 2 aromatic carbocycles. The van der Waals surface area contributed by atoms with Crippen LogP contribution in [-0.4, -0.2) is 38.2 Å². The van der Waals surface area contributed by atoms with Gasteiger partial charge in [-0.2, -0.15) is 0 Å². The molecule has 0 aliphatic carbocycles. The number of hydrogen-bond donors (Lipinski definition) is 2. The van der Waals surface area contributed by atoms with Gasteiger partial charge in [0, 0.05) is 30.4 Å². The average Bonchev–Trinajstić information content (AvgIpc) is 3.34. The monoisotopic (exact) mass is 405 g/mol. The topological polar surface area (TPSA) is 86.3 Å². The van der Waals surface area contributed by atoms with Crippen molar-refractivity contribution >= 4 is 17.4 Å². The molecule has 3 aromatic rings. The Morgan fingerprint density at radius 3 is 2.47 bits per heavy atom. The van der Waals surface area contributed by atoms with Crippen molar-refractivity contribution in [3.8, 4) is 0 Å². The van der Waals surface area contributed by atoms with Crippen molar-refractivity contribution in [2.24, 2.45) is 0 Å². The van der Waals surface area contributed by atoms with Gasteiger partial charge in [0.15, 0.2) is 0 Å². The van der Waals surface area contributed by atoms with Gasteiger partial charge in [-0.1, -0.05) is 42.0 Å². The van der Waals surface area contributed by atoms with E-state index in [0.717, 1.165) is 11.3 Å². The van der Waals surface area contributed by atoms with Gasteiger partial charge >= 0.3 is 0 Å². The molecule has 0 saturated carbocycles. The van der Waals surface area contributed by atoms with Crippen LogP contribution in [0.1, 0.15) is 28.4 Å². The summed E-state index contributed by atoms with van der Waals surface area (Å²) in [7, 11) is 0. The van der Waals surface area contributed by atoms with Crippen molar-refractivity contribution in [2.45, 2.75) is 19.4 Å². The van der Waals surface area contributed by atoms with Gasteiger partial charge < -0.3 is 15.0 Å². The third-order valence-corrected chi connectivity index (χ3v) is 5.23. The molecule has 1 aromatic heterocycles. The van der Waals surface area contributed by atoms with E-state index in [1.807, 2.05) is 19.1 Å². The summed E-state index contributed by atoms with van der Waals surface area (Å²) < 4.78 is 13.5. The molecule has 1 saturated heterocycles. The number of hydrogen-bond acceptors (Lipinski definition) is 4. The fourth-order valence-electron chi connectivity index (χ4n) is 3.63. The van der Waals surface area contributed by atoms with E-state index >= 15 is 0 Å². The molecule has 7 heteroatoms. The molecule has 0 radical (unpaired) electrons. The summed E-state index contributed by atoms with van der Waals surface area (Å²) in [6.45, 7) is 2.15. The van der Waals surface area contributed by atoms with E-state index in [4.69, 9.17) is 0 Å². The molecule has 1 fully saturated rings. The molecule has 2 heterocycles. The maximum Gasteiger partial charge on any atom is 0.295 e. The Bertz CT molecular complexity index is 1100. The van der Waals surface area contributed by atoms with Gasteiger partial charge in [-0.05, 0) is 24.6 Å². The SMILES string of the molecule is Cc1ccc(/C(O)=C2/C(=O)C(=O)N(CCc3cnc[nH]3)C2c2ccc(F)cc2)cc1. The Morgan fingerprint density at radius 2 is 1.83 bits per heavy atom. The first-order chi connectivity index (χ1) is 14.5. The maximum atomic E-state index is 13.5. The fraction of sp³-hybridized carbons (Fsp3) is 0.174. The van der Waals surface area contributed by atoms with Crippen LogP contribution in [0.2, 0.25) is 0 Å². The number of H-pyrrole nitrogens is 1. The summed E-state index contributed by atoms with van der Waals surface area (Å²) in [4.78, 5) is 34.1. The number of nitrogens with one attached hydrogen (secondary N) is 1. The van der Waals surface area contributed by atoms with E-state index in [1.165, 1.54) is 35.5 Å². The number of nitrogens with zero attached hydrogens (tertiary/aromatic N) is 2. The van der Waals surface area contributed by atoms with E-state index in [2.05, 4.69) is 9.97 Å². The Morgan fingerprint density at radius 1 is 1.13 bits per heavy atom. The van der Waals surface area contributed by atoms with E-state index in [9.17, 15) is 19.1 Å². The lowest BCUT2D eigenvalue weighted by Crippen LogP contribution is -2.31. The maximum absolute atomic E-state index is 13.5. The van der Waals surface area contributed by atoms with Crippen molar-refractivity contribution < 1.29 is 19.1 Å². The predicted molar refractivity (Wildman–Crippen MR) is 109 cm³/mol. The second-order valence-electron chi connectivity index (χ2n) is 7.24. The second kappa shape index (κ2) is 7.94. The number of benzene rings is 2. The quantitative estimate of drug-likeness (QED) is 0.386. The van der Waals surface area contributed by atoms with Crippen LogP contribution in [0.5, 0.6) is 0 Å². The number of Topliss-reactive ketones (excluding diaryl/α,β-unsaturated/α-hetero) is 1. The number of halogens is 1. The number of imidazole rings is 1. The number of aryl methyl sites for hydroxylation is 1. The van der Waals surface area contributed by atoms with E-state index in [0.29, 0.717) is 17.5 Å². The molecule has 152 valence electrons. The number of aromatic nitrogens is 2. The molecule has 2 N–H and O–H groups in total. The number of carbonyl (C=O) groups is 2. The highest BCUT2D eigenvalue weighted by molar-refractivity contribution is 6.46. The molecule has 30 heavy (non-hydrogen) atoms. The number of rotatable bonds is 5. The zero-order valence-corrected chi connectivity index (χ0v) is 16.3. The van der Waals surface area contributed by atoms with Crippen LogP contribution in [-0.2, 0) is 16.0 Å². The van der Waals surface area contributed by atoms with Gasteiger partial charge in [-0.25, -0.2) is 9.37 Å². The Kier molecular flexibility index (Phi) is 5.18. The van der Waals surface area contributed by atoms with Gasteiger partial charge in [0.25, 0.3) is 11.7 Å². The molecule has 0 spiro atoms. The fourth-order valence-corrected chi connectivity index (χ4v) is 3.63. The molecule has 4 rings (SSSR count). The Labute approximate surface area is 172 Å². The van der Waals surface area contributed by atoms with Crippen LogP contribution in [0.4, 0.5) is 4.39 Å². The molecular weight excluding hydrogens is 385 g/mol. The molecule has 1 aliphatic rings. The minimum absolute atomic E-state index is 0.0000666. The van der Waals surface area contributed by atoms with Crippen molar-refractivity contribution in [1.82, 2.24) is 14.9 Å². The average molecular weight is 405 g/mol. The first-order valence-corrected chi connectivity index (χ1v) is 9.54. The number of ketones is 1. The highest BCUT2D eigenvalue weighted by Gasteiger charge is 2.45. The normalized spacial score (nSPS) is 18.2. The molecule has 1 atom stereocenters. The smallest absolute Gasteiger partial charge is 0.295 e. The zero-order chi connectivity index (χ0) is 21.3. The van der Waals surface area contributed by atoms with Crippen molar-refractivity contribution in [3.63, 3.8) is 0 Å². The molecular formula is C23H20FN3O3. The predicted octanol–water partition coefficient (Wildman–Crippen LogP) is 3.52. The second-order valence-corrected chi connectivity index (χ2v) is 7.24. The lowest BCUT2D eigenvalue weighted by atomic mass is 9.95. The Balaban J connectivity index is 1.79. The minimum Gasteiger partial charge on any atom is -0.507 e. The van der Waals surface area contributed by atoms with Gasteiger partial charge in [-0.15, -0.1) is 0 Å². The minimum atomic E-state index is -0.810. The molecule has 6 nitrogen and oxygen atoms in total. The van der Waals surface area contributed by atoms with Crippen LogP contribution in [0.3, 0.4) is 0 Å².